The van der Waals surface area contributed by atoms with Crippen molar-refractivity contribution in [3.05, 3.63) is 53.2 Å². The lowest BCUT2D eigenvalue weighted by Crippen LogP contribution is -2.53. The zero-order valence-corrected chi connectivity index (χ0v) is 19.5. The summed E-state index contributed by atoms with van der Waals surface area (Å²) in [6.45, 7) is 5.30. The SMILES string of the molecule is CCOC(=O)c1cc2c(c(O)n1)N(C(C)=O)[C@H](C1CC1)[C@H](C)[C@H]2NC(=O)OCc1ccccc1. The van der Waals surface area contributed by atoms with E-state index in [1.807, 2.05) is 37.3 Å². The van der Waals surface area contributed by atoms with Gasteiger partial charge in [0, 0.05) is 24.4 Å². The van der Waals surface area contributed by atoms with Crippen LogP contribution in [0.5, 0.6) is 5.88 Å². The maximum atomic E-state index is 12.8. The molecule has 1 aromatic carbocycles. The average molecular weight is 468 g/mol. The van der Waals surface area contributed by atoms with Gasteiger partial charge in [0.05, 0.1) is 12.6 Å². The Bertz CT molecular complexity index is 1090. The number of rotatable bonds is 6. The van der Waals surface area contributed by atoms with E-state index in [1.54, 1.807) is 11.8 Å². The molecule has 2 N–H and O–H groups in total. The third-order valence-electron chi connectivity index (χ3n) is 6.36. The Morgan fingerprint density at radius 1 is 1.18 bits per heavy atom. The van der Waals surface area contributed by atoms with Crippen molar-refractivity contribution in [2.24, 2.45) is 11.8 Å². The van der Waals surface area contributed by atoms with Gasteiger partial charge in [0.2, 0.25) is 11.8 Å². The molecule has 0 bridgehead atoms. The van der Waals surface area contributed by atoms with E-state index in [-0.39, 0.29) is 48.4 Å². The molecule has 9 nitrogen and oxygen atoms in total. The van der Waals surface area contributed by atoms with Gasteiger partial charge in [-0.05, 0) is 37.3 Å². The van der Waals surface area contributed by atoms with Crippen molar-refractivity contribution in [3.8, 4) is 5.88 Å². The second-order valence-corrected chi connectivity index (χ2v) is 8.75. The molecule has 180 valence electrons. The highest BCUT2D eigenvalue weighted by Crippen LogP contribution is 2.51. The van der Waals surface area contributed by atoms with Crippen molar-refractivity contribution in [1.82, 2.24) is 10.3 Å². The molecule has 1 saturated carbocycles. The number of anilines is 1. The van der Waals surface area contributed by atoms with Crippen LogP contribution in [-0.2, 0) is 20.9 Å². The predicted octanol–water partition coefficient (Wildman–Crippen LogP) is 3.71. The van der Waals surface area contributed by atoms with Crippen LogP contribution in [0, 0.1) is 11.8 Å². The first-order chi connectivity index (χ1) is 16.3. The molecule has 2 amide bonds. The number of nitrogens with zero attached hydrogens (tertiary/aromatic N) is 2. The van der Waals surface area contributed by atoms with Crippen LogP contribution in [0.4, 0.5) is 10.5 Å². The van der Waals surface area contributed by atoms with Gasteiger partial charge in [-0.15, -0.1) is 0 Å². The second-order valence-electron chi connectivity index (χ2n) is 8.75. The highest BCUT2D eigenvalue weighted by molar-refractivity contribution is 5.97. The van der Waals surface area contributed by atoms with Crippen molar-refractivity contribution in [3.63, 3.8) is 0 Å². The van der Waals surface area contributed by atoms with Gasteiger partial charge in [-0.25, -0.2) is 14.6 Å². The van der Waals surface area contributed by atoms with E-state index in [9.17, 15) is 19.5 Å². The van der Waals surface area contributed by atoms with Gasteiger partial charge in [-0.2, -0.15) is 0 Å². The van der Waals surface area contributed by atoms with Crippen LogP contribution in [0.1, 0.15) is 61.3 Å². The Hall–Kier alpha value is -3.62. The number of pyridine rings is 1. The Kier molecular flexibility index (Phi) is 6.72. The van der Waals surface area contributed by atoms with Gasteiger partial charge in [0.1, 0.15) is 12.3 Å². The zero-order valence-electron chi connectivity index (χ0n) is 19.5. The van der Waals surface area contributed by atoms with Gasteiger partial charge < -0.3 is 24.8 Å². The predicted molar refractivity (Wildman–Crippen MR) is 123 cm³/mol. The van der Waals surface area contributed by atoms with Crippen LogP contribution in [0.3, 0.4) is 0 Å². The largest absolute Gasteiger partial charge is 0.492 e. The first-order valence-corrected chi connectivity index (χ1v) is 11.5. The maximum absolute atomic E-state index is 12.8. The fraction of sp³-hybridized carbons (Fsp3) is 0.440. The number of fused-ring (bicyclic) bond motifs is 1. The van der Waals surface area contributed by atoms with Crippen molar-refractivity contribution in [1.29, 1.82) is 0 Å². The van der Waals surface area contributed by atoms with Crippen molar-refractivity contribution < 1.29 is 29.0 Å². The number of carbonyl (C=O) groups is 3. The van der Waals surface area contributed by atoms with Gasteiger partial charge in [0.25, 0.3) is 0 Å². The van der Waals surface area contributed by atoms with Crippen molar-refractivity contribution >= 4 is 23.7 Å². The first-order valence-electron chi connectivity index (χ1n) is 11.5. The fourth-order valence-electron chi connectivity index (χ4n) is 4.75. The summed E-state index contributed by atoms with van der Waals surface area (Å²) in [5.41, 5.74) is 1.39. The van der Waals surface area contributed by atoms with Crippen LogP contribution >= 0.6 is 0 Å². The van der Waals surface area contributed by atoms with E-state index < -0.39 is 24.0 Å². The number of nitrogens with one attached hydrogen (secondary N) is 1. The number of benzene rings is 1. The van der Waals surface area contributed by atoms with Crippen molar-refractivity contribution in [2.45, 2.75) is 52.3 Å². The highest BCUT2D eigenvalue weighted by atomic mass is 16.5. The van der Waals surface area contributed by atoms with Gasteiger partial charge >= 0.3 is 12.1 Å². The number of aromatic nitrogens is 1. The molecule has 1 aromatic heterocycles. The standard InChI is InChI=1S/C25H29N3O6/c1-4-33-24(31)19-12-18-20(27-25(32)34-13-16-8-6-5-7-9-16)14(2)21(17-10-11-17)28(15(3)29)22(18)23(30)26-19/h5-9,12,14,17,20-21H,4,10-11,13H2,1-3H3,(H,26,30)(H,27,32)/t14-,20-,21+/m1/s1. The number of amides is 2. The summed E-state index contributed by atoms with van der Waals surface area (Å²) in [6, 6.07) is 9.95. The molecule has 1 aliphatic heterocycles. The molecule has 2 heterocycles. The molecule has 0 spiro atoms. The summed E-state index contributed by atoms with van der Waals surface area (Å²) in [5, 5.41) is 13.7. The monoisotopic (exact) mass is 467 g/mol. The third kappa shape index (κ3) is 4.69. The van der Waals surface area contributed by atoms with Gasteiger partial charge in [-0.1, -0.05) is 37.3 Å². The molecular formula is C25H29N3O6. The molecule has 4 rings (SSSR count). The molecular weight excluding hydrogens is 438 g/mol. The Morgan fingerprint density at radius 2 is 1.88 bits per heavy atom. The second kappa shape index (κ2) is 9.70. The summed E-state index contributed by atoms with van der Waals surface area (Å²) >= 11 is 0. The summed E-state index contributed by atoms with van der Waals surface area (Å²) in [6.07, 6.45) is 1.27. The lowest BCUT2D eigenvalue weighted by Gasteiger charge is -2.45. The molecule has 34 heavy (non-hydrogen) atoms. The Morgan fingerprint density at radius 3 is 2.50 bits per heavy atom. The minimum absolute atomic E-state index is 0.0943. The number of hydrogen-bond donors (Lipinski definition) is 2. The van der Waals surface area contributed by atoms with E-state index in [0.717, 1.165) is 18.4 Å². The summed E-state index contributed by atoms with van der Waals surface area (Å²) in [7, 11) is 0. The smallest absolute Gasteiger partial charge is 0.407 e. The molecule has 1 aliphatic carbocycles. The third-order valence-corrected chi connectivity index (χ3v) is 6.36. The number of hydrogen-bond acceptors (Lipinski definition) is 7. The number of esters is 1. The highest BCUT2D eigenvalue weighted by Gasteiger charge is 2.49. The van der Waals surface area contributed by atoms with E-state index >= 15 is 0 Å². The fourth-order valence-corrected chi connectivity index (χ4v) is 4.75. The zero-order chi connectivity index (χ0) is 24.4. The van der Waals surface area contributed by atoms with Crippen LogP contribution < -0.4 is 10.2 Å². The average Bonchev–Trinajstić information content (AvgIpc) is 3.65. The molecule has 0 saturated heterocycles. The maximum Gasteiger partial charge on any atom is 0.407 e. The molecule has 0 radical (unpaired) electrons. The number of ether oxygens (including phenoxy) is 2. The van der Waals surface area contributed by atoms with Gasteiger partial charge in [-0.3, -0.25) is 4.79 Å². The number of carbonyl (C=O) groups excluding carboxylic acids is 3. The van der Waals surface area contributed by atoms with E-state index in [2.05, 4.69) is 10.3 Å². The normalized spacial score (nSPS) is 21.4. The summed E-state index contributed by atoms with van der Waals surface area (Å²) in [5.74, 6) is -1.34. The lowest BCUT2D eigenvalue weighted by atomic mass is 9.80. The van der Waals surface area contributed by atoms with Crippen LogP contribution in [0.2, 0.25) is 0 Å². The molecule has 3 atom stereocenters. The quantitative estimate of drug-likeness (QED) is 0.622. The van der Waals surface area contributed by atoms with Gasteiger partial charge in [0.15, 0.2) is 5.69 Å². The first kappa shape index (κ1) is 23.5. The number of alkyl carbamates (subject to hydrolysis) is 1. The Balaban J connectivity index is 1.69. The van der Waals surface area contributed by atoms with Crippen LogP contribution in [0.25, 0.3) is 0 Å². The van der Waals surface area contributed by atoms with Crippen LogP contribution in [-0.4, -0.2) is 40.7 Å². The van der Waals surface area contributed by atoms with Crippen LogP contribution in [0.15, 0.2) is 36.4 Å². The molecule has 9 heteroatoms. The summed E-state index contributed by atoms with van der Waals surface area (Å²) < 4.78 is 10.5. The Labute approximate surface area is 198 Å². The van der Waals surface area contributed by atoms with E-state index in [4.69, 9.17) is 9.47 Å². The minimum Gasteiger partial charge on any atom is -0.492 e. The van der Waals surface area contributed by atoms with E-state index in [1.165, 1.54) is 13.0 Å². The molecule has 2 aliphatic rings. The summed E-state index contributed by atoms with van der Waals surface area (Å²) in [4.78, 5) is 43.4. The molecule has 2 aromatic rings. The minimum atomic E-state index is -0.697. The lowest BCUT2D eigenvalue weighted by molar-refractivity contribution is -0.117. The topological polar surface area (TPSA) is 118 Å². The molecule has 0 unspecified atom stereocenters. The van der Waals surface area contributed by atoms with Crippen molar-refractivity contribution in [2.75, 3.05) is 11.5 Å². The molecule has 1 fully saturated rings. The number of aromatic hydroxyl groups is 1. The van der Waals surface area contributed by atoms with E-state index in [0.29, 0.717) is 5.56 Å².